The molecular weight excluding hydrogens is 290 g/mol. The molecule has 0 radical (unpaired) electrons. The highest BCUT2D eigenvalue weighted by atomic mass is 32.2. The van der Waals surface area contributed by atoms with Crippen LogP contribution in [0.4, 0.5) is 5.82 Å². The van der Waals surface area contributed by atoms with E-state index in [2.05, 4.69) is 27.4 Å². The van der Waals surface area contributed by atoms with Gasteiger partial charge in [-0.05, 0) is 18.6 Å². The highest BCUT2D eigenvalue weighted by Crippen LogP contribution is 2.17. The standard InChI is InChI=1S/C13H19N5O2S/c1-3-6-14-13-5-4-12(9-15-13)21(19,20)18(2)10-11-7-16-17-8-11/h4-5,7-9H,3,6,10H2,1-2H3,(H,14,15)(H,16,17). The Morgan fingerprint density at radius 1 is 1.33 bits per heavy atom. The first kappa shape index (κ1) is 15.5. The molecular formula is C13H19N5O2S. The third-order valence-electron chi connectivity index (χ3n) is 2.96. The van der Waals surface area contributed by atoms with Crippen molar-refractivity contribution in [2.45, 2.75) is 24.8 Å². The lowest BCUT2D eigenvalue weighted by atomic mass is 10.4. The van der Waals surface area contributed by atoms with E-state index in [0.717, 1.165) is 18.5 Å². The van der Waals surface area contributed by atoms with Gasteiger partial charge in [-0.15, -0.1) is 0 Å². The minimum atomic E-state index is -3.55. The summed E-state index contributed by atoms with van der Waals surface area (Å²) >= 11 is 0. The topological polar surface area (TPSA) is 91.0 Å². The van der Waals surface area contributed by atoms with Crippen LogP contribution in [-0.4, -0.2) is 41.5 Å². The van der Waals surface area contributed by atoms with Crippen molar-refractivity contribution in [2.75, 3.05) is 18.9 Å². The number of anilines is 1. The highest BCUT2D eigenvalue weighted by molar-refractivity contribution is 7.89. The molecule has 8 heteroatoms. The Hall–Kier alpha value is -1.93. The van der Waals surface area contributed by atoms with E-state index in [9.17, 15) is 8.42 Å². The van der Waals surface area contributed by atoms with Crippen molar-refractivity contribution in [1.82, 2.24) is 19.5 Å². The quantitative estimate of drug-likeness (QED) is 0.807. The fraction of sp³-hybridized carbons (Fsp3) is 0.385. The Bertz CT molecular complexity index is 652. The number of nitrogens with one attached hydrogen (secondary N) is 2. The second-order valence-electron chi connectivity index (χ2n) is 4.67. The minimum Gasteiger partial charge on any atom is -0.370 e. The van der Waals surface area contributed by atoms with Gasteiger partial charge in [-0.1, -0.05) is 6.92 Å². The highest BCUT2D eigenvalue weighted by Gasteiger charge is 2.21. The van der Waals surface area contributed by atoms with Crippen molar-refractivity contribution in [1.29, 1.82) is 0 Å². The van der Waals surface area contributed by atoms with E-state index < -0.39 is 10.0 Å². The third kappa shape index (κ3) is 3.79. The van der Waals surface area contributed by atoms with Crippen LogP contribution >= 0.6 is 0 Å². The molecule has 114 valence electrons. The number of rotatable bonds is 7. The summed E-state index contributed by atoms with van der Waals surface area (Å²) in [6.45, 7) is 3.12. The van der Waals surface area contributed by atoms with Crippen molar-refractivity contribution in [3.05, 3.63) is 36.3 Å². The maximum absolute atomic E-state index is 12.4. The van der Waals surface area contributed by atoms with Gasteiger partial charge in [0.2, 0.25) is 10.0 Å². The molecule has 0 unspecified atom stereocenters. The zero-order valence-corrected chi connectivity index (χ0v) is 12.9. The molecule has 7 nitrogen and oxygen atoms in total. The molecule has 2 aromatic heterocycles. The Morgan fingerprint density at radius 3 is 2.71 bits per heavy atom. The summed E-state index contributed by atoms with van der Waals surface area (Å²) in [5.41, 5.74) is 0.801. The number of hydrogen-bond donors (Lipinski definition) is 2. The van der Waals surface area contributed by atoms with Crippen molar-refractivity contribution in [3.63, 3.8) is 0 Å². The maximum atomic E-state index is 12.4. The summed E-state index contributed by atoms with van der Waals surface area (Å²) in [5, 5.41) is 9.57. The number of nitrogens with zero attached hydrogens (tertiary/aromatic N) is 3. The smallest absolute Gasteiger partial charge is 0.244 e. The van der Waals surface area contributed by atoms with Crippen molar-refractivity contribution >= 4 is 15.8 Å². The van der Waals surface area contributed by atoms with Crippen LogP contribution in [0.15, 0.2) is 35.6 Å². The molecule has 0 amide bonds. The molecule has 0 atom stereocenters. The average molecular weight is 309 g/mol. The maximum Gasteiger partial charge on any atom is 0.244 e. The molecule has 2 rings (SSSR count). The molecule has 21 heavy (non-hydrogen) atoms. The van der Waals surface area contributed by atoms with Gasteiger partial charge >= 0.3 is 0 Å². The summed E-state index contributed by atoms with van der Waals surface area (Å²) < 4.78 is 26.1. The van der Waals surface area contributed by atoms with Gasteiger partial charge in [0.05, 0.1) is 6.20 Å². The minimum absolute atomic E-state index is 0.176. The Morgan fingerprint density at radius 2 is 2.14 bits per heavy atom. The number of H-pyrrole nitrogens is 1. The number of aromatic amines is 1. The molecule has 0 spiro atoms. The lowest BCUT2D eigenvalue weighted by molar-refractivity contribution is 0.466. The van der Waals surface area contributed by atoms with Crippen molar-refractivity contribution < 1.29 is 8.42 Å². The first-order valence-electron chi connectivity index (χ1n) is 6.68. The Kier molecular flexibility index (Phi) is 4.92. The molecule has 2 N–H and O–H groups in total. The largest absolute Gasteiger partial charge is 0.370 e. The van der Waals surface area contributed by atoms with Crippen LogP contribution in [-0.2, 0) is 16.6 Å². The second-order valence-corrected chi connectivity index (χ2v) is 6.72. The first-order chi connectivity index (χ1) is 10.0. The fourth-order valence-corrected chi connectivity index (χ4v) is 2.88. The molecule has 0 aliphatic heterocycles. The van der Waals surface area contributed by atoms with Gasteiger partial charge < -0.3 is 5.32 Å². The molecule has 0 aliphatic carbocycles. The van der Waals surface area contributed by atoms with Crippen LogP contribution in [0.5, 0.6) is 0 Å². The van der Waals surface area contributed by atoms with E-state index in [1.165, 1.54) is 17.5 Å². The lowest BCUT2D eigenvalue weighted by Crippen LogP contribution is -2.26. The van der Waals surface area contributed by atoms with Gasteiger partial charge in [-0.25, -0.2) is 13.4 Å². The first-order valence-corrected chi connectivity index (χ1v) is 8.12. The summed E-state index contributed by atoms with van der Waals surface area (Å²) in [5.74, 6) is 0.674. The van der Waals surface area contributed by atoms with Gasteiger partial charge in [0, 0.05) is 38.1 Å². The predicted octanol–water partition coefficient (Wildman–Crippen LogP) is 1.45. The zero-order chi connectivity index (χ0) is 15.3. The molecule has 0 aliphatic rings. The van der Waals surface area contributed by atoms with Gasteiger partial charge in [-0.3, -0.25) is 5.10 Å². The molecule has 0 saturated heterocycles. The second kappa shape index (κ2) is 6.68. The van der Waals surface area contributed by atoms with Crippen molar-refractivity contribution in [3.8, 4) is 0 Å². The molecule has 2 aromatic rings. The van der Waals surface area contributed by atoms with Gasteiger partial charge in [0.15, 0.2) is 0 Å². The summed E-state index contributed by atoms with van der Waals surface area (Å²) in [6.07, 6.45) is 5.62. The van der Waals surface area contributed by atoms with E-state index in [1.54, 1.807) is 24.5 Å². The normalized spacial score (nSPS) is 11.8. The van der Waals surface area contributed by atoms with Crippen LogP contribution in [0.3, 0.4) is 0 Å². The number of aromatic nitrogens is 3. The summed E-state index contributed by atoms with van der Waals surface area (Å²) in [4.78, 5) is 4.30. The number of sulfonamides is 1. The van der Waals surface area contributed by atoms with E-state index in [1.807, 2.05) is 0 Å². The fourth-order valence-electron chi connectivity index (χ4n) is 1.78. The van der Waals surface area contributed by atoms with Crippen molar-refractivity contribution in [2.24, 2.45) is 0 Å². The molecule has 0 bridgehead atoms. The summed E-state index contributed by atoms with van der Waals surface area (Å²) in [6, 6.07) is 3.24. The van der Waals surface area contributed by atoms with Gasteiger partial charge in [-0.2, -0.15) is 9.40 Å². The SMILES string of the molecule is CCCNc1ccc(S(=O)(=O)N(C)Cc2cn[nH]c2)cn1. The van der Waals surface area contributed by atoms with Crippen LogP contribution in [0.25, 0.3) is 0 Å². The van der Waals surface area contributed by atoms with Crippen LogP contribution in [0, 0.1) is 0 Å². The van der Waals surface area contributed by atoms with Gasteiger partial charge in [0.25, 0.3) is 0 Å². The predicted molar refractivity (Wildman–Crippen MR) is 80.3 cm³/mol. The van der Waals surface area contributed by atoms with E-state index >= 15 is 0 Å². The number of pyridine rings is 1. The molecule has 0 fully saturated rings. The van der Waals surface area contributed by atoms with Crippen LogP contribution in [0.2, 0.25) is 0 Å². The van der Waals surface area contributed by atoms with E-state index in [4.69, 9.17) is 0 Å². The van der Waals surface area contributed by atoms with Crippen LogP contribution in [0.1, 0.15) is 18.9 Å². The molecule has 0 aromatic carbocycles. The lowest BCUT2D eigenvalue weighted by Gasteiger charge is -2.16. The Balaban J connectivity index is 2.11. The van der Waals surface area contributed by atoms with E-state index in [0.29, 0.717) is 5.82 Å². The zero-order valence-electron chi connectivity index (χ0n) is 12.1. The average Bonchev–Trinajstić information content (AvgIpc) is 2.98. The summed E-state index contributed by atoms with van der Waals surface area (Å²) in [7, 11) is -2.02. The monoisotopic (exact) mass is 309 g/mol. The molecule has 2 heterocycles. The van der Waals surface area contributed by atoms with Gasteiger partial charge in [0.1, 0.15) is 10.7 Å². The molecule has 0 saturated carbocycles. The number of hydrogen-bond acceptors (Lipinski definition) is 5. The Labute approximate surface area is 124 Å². The van der Waals surface area contributed by atoms with E-state index in [-0.39, 0.29) is 11.4 Å². The third-order valence-corrected chi connectivity index (χ3v) is 4.75. The van der Waals surface area contributed by atoms with Crippen LogP contribution < -0.4 is 5.32 Å².